The van der Waals surface area contributed by atoms with E-state index in [9.17, 15) is 10.1 Å². The van der Waals surface area contributed by atoms with E-state index in [0.29, 0.717) is 17.7 Å². The van der Waals surface area contributed by atoms with E-state index in [1.54, 1.807) is 25.3 Å². The fraction of sp³-hybridized carbons (Fsp3) is 0.286. The minimum Gasteiger partial charge on any atom is -0.469 e. The van der Waals surface area contributed by atoms with E-state index in [1.165, 1.54) is 0 Å². The Balaban J connectivity index is 2.16. The molecule has 1 aromatic heterocycles. The lowest BCUT2D eigenvalue weighted by Gasteiger charge is -2.15. The van der Waals surface area contributed by atoms with Crippen molar-refractivity contribution in [1.82, 2.24) is 0 Å². The fourth-order valence-electron chi connectivity index (χ4n) is 2.02. The third-order valence-corrected chi connectivity index (χ3v) is 3.63. The summed E-state index contributed by atoms with van der Waals surface area (Å²) in [6, 6.07) is 7.15. The van der Waals surface area contributed by atoms with E-state index < -0.39 is 0 Å². The topological polar surface area (TPSA) is 68.3 Å². The van der Waals surface area contributed by atoms with Gasteiger partial charge in [0, 0.05) is 28.6 Å². The number of rotatable bonds is 5. The van der Waals surface area contributed by atoms with Gasteiger partial charge < -0.3 is 9.73 Å². The first kappa shape index (κ1) is 14.6. The lowest BCUT2D eigenvalue weighted by Crippen LogP contribution is -2.18. The number of furan rings is 1. The van der Waals surface area contributed by atoms with E-state index >= 15 is 0 Å². The maximum absolute atomic E-state index is 11.0. The van der Waals surface area contributed by atoms with Gasteiger partial charge in [0.2, 0.25) is 0 Å². The molecule has 5 nitrogen and oxygen atoms in total. The van der Waals surface area contributed by atoms with Crippen molar-refractivity contribution in [1.29, 1.82) is 0 Å². The van der Waals surface area contributed by atoms with Crippen LogP contribution in [-0.2, 0) is 6.42 Å². The summed E-state index contributed by atoms with van der Waals surface area (Å²) in [5, 5.41) is 14.2. The van der Waals surface area contributed by atoms with Crippen LogP contribution in [0.15, 0.2) is 39.4 Å². The molecule has 20 heavy (non-hydrogen) atoms. The summed E-state index contributed by atoms with van der Waals surface area (Å²) in [4.78, 5) is 10.6. The SMILES string of the molecule is Cc1cc(Br)c(NC(C)Cc2ccco2)cc1[N+](=O)[O-]. The first-order valence-corrected chi connectivity index (χ1v) is 7.00. The molecule has 1 aromatic carbocycles. The van der Waals surface area contributed by atoms with Crippen LogP contribution >= 0.6 is 15.9 Å². The molecule has 0 radical (unpaired) electrons. The van der Waals surface area contributed by atoms with Crippen molar-refractivity contribution >= 4 is 27.3 Å². The van der Waals surface area contributed by atoms with Gasteiger partial charge >= 0.3 is 0 Å². The zero-order chi connectivity index (χ0) is 14.7. The van der Waals surface area contributed by atoms with Crippen LogP contribution in [0.3, 0.4) is 0 Å². The Kier molecular flexibility index (Phi) is 4.44. The maximum atomic E-state index is 11.0. The molecule has 0 aliphatic rings. The third-order valence-electron chi connectivity index (χ3n) is 2.97. The van der Waals surface area contributed by atoms with Crippen molar-refractivity contribution in [3.05, 3.63) is 56.4 Å². The highest BCUT2D eigenvalue weighted by Crippen LogP contribution is 2.31. The van der Waals surface area contributed by atoms with E-state index in [4.69, 9.17) is 4.42 Å². The van der Waals surface area contributed by atoms with Crippen LogP contribution in [0, 0.1) is 17.0 Å². The van der Waals surface area contributed by atoms with E-state index in [1.807, 2.05) is 19.1 Å². The Morgan fingerprint density at radius 1 is 1.50 bits per heavy atom. The molecular weight excluding hydrogens is 324 g/mol. The van der Waals surface area contributed by atoms with Crippen molar-refractivity contribution in [3.8, 4) is 0 Å². The zero-order valence-electron chi connectivity index (χ0n) is 11.2. The first-order chi connectivity index (χ1) is 9.47. The van der Waals surface area contributed by atoms with Gasteiger partial charge in [0.05, 0.1) is 16.9 Å². The highest BCUT2D eigenvalue weighted by Gasteiger charge is 2.16. The van der Waals surface area contributed by atoms with Crippen molar-refractivity contribution in [2.75, 3.05) is 5.32 Å². The molecule has 0 bridgehead atoms. The summed E-state index contributed by atoms with van der Waals surface area (Å²) >= 11 is 3.43. The second kappa shape index (κ2) is 6.09. The Morgan fingerprint density at radius 2 is 2.25 bits per heavy atom. The van der Waals surface area contributed by atoms with Gasteiger partial charge in [0.1, 0.15) is 5.76 Å². The molecule has 2 aromatic rings. The van der Waals surface area contributed by atoms with Gasteiger partial charge in [-0.3, -0.25) is 10.1 Å². The summed E-state index contributed by atoms with van der Waals surface area (Å²) in [5.41, 5.74) is 1.45. The zero-order valence-corrected chi connectivity index (χ0v) is 12.8. The number of hydrogen-bond acceptors (Lipinski definition) is 4. The maximum Gasteiger partial charge on any atom is 0.274 e. The van der Waals surface area contributed by atoms with Crippen molar-refractivity contribution in [2.24, 2.45) is 0 Å². The predicted molar refractivity (Wildman–Crippen MR) is 81.0 cm³/mol. The van der Waals surface area contributed by atoms with Crippen molar-refractivity contribution < 1.29 is 9.34 Å². The smallest absolute Gasteiger partial charge is 0.274 e. The predicted octanol–water partition coefficient (Wildman–Crippen LogP) is 4.30. The van der Waals surface area contributed by atoms with Gasteiger partial charge in [-0.1, -0.05) is 0 Å². The molecule has 1 unspecified atom stereocenters. The Bertz CT molecular complexity index is 611. The Morgan fingerprint density at radius 3 is 2.85 bits per heavy atom. The molecule has 0 spiro atoms. The quantitative estimate of drug-likeness (QED) is 0.651. The molecule has 6 heteroatoms. The fourth-order valence-corrected chi connectivity index (χ4v) is 2.59. The second-order valence-corrected chi connectivity index (χ2v) is 5.56. The number of nitro benzene ring substituents is 1. The number of aryl methyl sites for hydroxylation is 1. The molecule has 0 aliphatic heterocycles. The van der Waals surface area contributed by atoms with E-state index in [2.05, 4.69) is 21.2 Å². The molecule has 0 saturated carbocycles. The van der Waals surface area contributed by atoms with Crippen LogP contribution in [0.25, 0.3) is 0 Å². The normalized spacial score (nSPS) is 12.2. The average Bonchev–Trinajstić information content (AvgIpc) is 2.84. The Labute approximate surface area is 125 Å². The molecule has 2 rings (SSSR count). The number of nitro groups is 1. The lowest BCUT2D eigenvalue weighted by molar-refractivity contribution is -0.385. The molecule has 1 atom stereocenters. The average molecular weight is 339 g/mol. The number of nitrogens with one attached hydrogen (secondary N) is 1. The third kappa shape index (κ3) is 3.39. The van der Waals surface area contributed by atoms with Crippen LogP contribution in [0.1, 0.15) is 18.2 Å². The number of hydrogen-bond donors (Lipinski definition) is 1. The van der Waals surface area contributed by atoms with E-state index in [0.717, 1.165) is 10.2 Å². The molecule has 0 fully saturated rings. The molecule has 0 aliphatic carbocycles. The van der Waals surface area contributed by atoms with Gasteiger partial charge in [-0.05, 0) is 48.0 Å². The van der Waals surface area contributed by atoms with Gasteiger partial charge in [-0.25, -0.2) is 0 Å². The number of halogens is 1. The summed E-state index contributed by atoms with van der Waals surface area (Å²) in [5.74, 6) is 0.878. The standard InChI is InChI=1S/C14H15BrN2O3/c1-9-6-12(15)13(8-14(9)17(18)19)16-10(2)7-11-4-3-5-20-11/h3-6,8,10,16H,7H2,1-2H3. The van der Waals surface area contributed by atoms with E-state index in [-0.39, 0.29) is 16.7 Å². The number of benzene rings is 1. The molecule has 0 saturated heterocycles. The largest absolute Gasteiger partial charge is 0.469 e. The van der Waals surface area contributed by atoms with Gasteiger partial charge in [-0.2, -0.15) is 0 Å². The number of anilines is 1. The van der Waals surface area contributed by atoms with Gasteiger partial charge in [-0.15, -0.1) is 0 Å². The van der Waals surface area contributed by atoms with Crippen LogP contribution in [-0.4, -0.2) is 11.0 Å². The van der Waals surface area contributed by atoms with Crippen LogP contribution in [0.4, 0.5) is 11.4 Å². The summed E-state index contributed by atoms with van der Waals surface area (Å²) < 4.78 is 6.11. The first-order valence-electron chi connectivity index (χ1n) is 6.21. The van der Waals surface area contributed by atoms with Gasteiger partial charge in [0.25, 0.3) is 5.69 Å². The highest BCUT2D eigenvalue weighted by atomic mass is 79.9. The lowest BCUT2D eigenvalue weighted by atomic mass is 10.1. The molecule has 1 N–H and O–H groups in total. The highest BCUT2D eigenvalue weighted by molar-refractivity contribution is 9.10. The summed E-state index contributed by atoms with van der Waals surface area (Å²) in [7, 11) is 0. The Hall–Kier alpha value is -1.82. The minimum absolute atomic E-state index is 0.0970. The number of nitrogens with zero attached hydrogens (tertiary/aromatic N) is 1. The molecule has 0 amide bonds. The van der Waals surface area contributed by atoms with Crippen molar-refractivity contribution in [2.45, 2.75) is 26.3 Å². The summed E-state index contributed by atoms with van der Waals surface area (Å²) in [6.07, 6.45) is 2.34. The van der Waals surface area contributed by atoms with Gasteiger partial charge in [0.15, 0.2) is 0 Å². The molecule has 1 heterocycles. The van der Waals surface area contributed by atoms with Crippen LogP contribution < -0.4 is 5.32 Å². The molecule has 106 valence electrons. The molecular formula is C14H15BrN2O3. The second-order valence-electron chi connectivity index (χ2n) is 4.70. The summed E-state index contributed by atoms with van der Waals surface area (Å²) in [6.45, 7) is 3.72. The monoisotopic (exact) mass is 338 g/mol. The van der Waals surface area contributed by atoms with Crippen molar-refractivity contribution in [3.63, 3.8) is 0 Å². The van der Waals surface area contributed by atoms with Crippen LogP contribution in [0.5, 0.6) is 0 Å². The minimum atomic E-state index is -0.371. The van der Waals surface area contributed by atoms with Crippen LogP contribution in [0.2, 0.25) is 0 Å².